The second-order valence-electron chi connectivity index (χ2n) is 6.27. The van der Waals surface area contributed by atoms with Gasteiger partial charge in [-0.05, 0) is 42.8 Å². The molecule has 1 aliphatic heterocycles. The molecule has 0 radical (unpaired) electrons. The molecule has 4 rings (SSSR count). The third-order valence-electron chi connectivity index (χ3n) is 4.45. The Balaban J connectivity index is 2.18. The van der Waals surface area contributed by atoms with Gasteiger partial charge in [-0.25, -0.2) is 4.79 Å². The van der Waals surface area contributed by atoms with Crippen LogP contribution in [-0.4, -0.2) is 11.1 Å². The molecule has 0 spiro atoms. The van der Waals surface area contributed by atoms with Crippen molar-refractivity contribution in [2.45, 2.75) is 6.92 Å². The van der Waals surface area contributed by atoms with Crippen LogP contribution in [-0.2, 0) is 4.84 Å². The van der Waals surface area contributed by atoms with Gasteiger partial charge < -0.3 is 14.4 Å². The third kappa shape index (κ3) is 2.82. The molecule has 6 nitrogen and oxygen atoms in total. The van der Waals surface area contributed by atoms with E-state index < -0.39 is 5.97 Å². The highest BCUT2D eigenvalue weighted by molar-refractivity contribution is 6.07. The molecule has 134 valence electrons. The summed E-state index contributed by atoms with van der Waals surface area (Å²) in [6.07, 6.45) is 0. The van der Waals surface area contributed by atoms with Gasteiger partial charge in [0.2, 0.25) is 0 Å². The molecule has 2 aromatic rings. The van der Waals surface area contributed by atoms with Crippen molar-refractivity contribution in [1.29, 1.82) is 0 Å². The molecule has 0 fully saturated rings. The third-order valence-corrected chi connectivity index (χ3v) is 4.45. The van der Waals surface area contributed by atoms with Gasteiger partial charge in [0.25, 0.3) is 0 Å². The predicted octanol–water partition coefficient (Wildman–Crippen LogP) is 3.61. The van der Waals surface area contributed by atoms with Gasteiger partial charge in [0, 0.05) is 28.6 Å². The van der Waals surface area contributed by atoms with E-state index in [1.54, 1.807) is 24.3 Å². The van der Waals surface area contributed by atoms with Crippen molar-refractivity contribution in [2.24, 2.45) is 5.90 Å². The molecule has 0 saturated heterocycles. The lowest BCUT2D eigenvalue weighted by Gasteiger charge is -2.17. The normalized spacial score (nSPS) is 11.0. The standard InChI is InChI=1S/C21H15NO5/c1-11-2-5-14(17(8-11)21(25)27-22)20-15-6-3-12(23)9-18(15)26-19-10-13(24)4-7-16(19)20/h2-10,23H,22H2,1H3. The van der Waals surface area contributed by atoms with Crippen LogP contribution in [0.1, 0.15) is 15.9 Å². The molecule has 3 N–H and O–H groups in total. The molecule has 0 unspecified atom stereocenters. The van der Waals surface area contributed by atoms with Crippen LogP contribution in [0.4, 0.5) is 0 Å². The van der Waals surface area contributed by atoms with E-state index in [4.69, 9.17) is 10.3 Å². The molecule has 2 aromatic carbocycles. The highest BCUT2D eigenvalue weighted by Gasteiger charge is 2.22. The van der Waals surface area contributed by atoms with Gasteiger partial charge in [-0.1, -0.05) is 17.7 Å². The Bertz CT molecular complexity index is 1230. The van der Waals surface area contributed by atoms with E-state index in [0.717, 1.165) is 5.56 Å². The molecular weight excluding hydrogens is 346 g/mol. The summed E-state index contributed by atoms with van der Waals surface area (Å²) in [6.45, 7) is 1.86. The summed E-state index contributed by atoms with van der Waals surface area (Å²) >= 11 is 0. The molecule has 1 heterocycles. The molecule has 0 bridgehead atoms. The number of nitrogens with two attached hydrogens (primary N) is 1. The minimum absolute atomic E-state index is 0.0281. The maximum absolute atomic E-state index is 12.3. The van der Waals surface area contributed by atoms with Crippen LogP contribution in [0.3, 0.4) is 0 Å². The molecule has 0 aromatic heterocycles. The Morgan fingerprint density at radius 3 is 2.59 bits per heavy atom. The van der Waals surface area contributed by atoms with Crippen molar-refractivity contribution in [3.05, 3.63) is 75.9 Å². The van der Waals surface area contributed by atoms with Crippen LogP contribution < -0.4 is 11.3 Å². The lowest BCUT2D eigenvalue weighted by atomic mass is 9.90. The van der Waals surface area contributed by atoms with Crippen molar-refractivity contribution in [3.8, 4) is 28.2 Å². The zero-order chi connectivity index (χ0) is 19.1. The SMILES string of the molecule is Cc1ccc(-c2c3ccc(=O)cc-3oc3cc(O)ccc23)c(C(=O)ON)c1. The first kappa shape index (κ1) is 16.8. The fourth-order valence-electron chi connectivity index (χ4n) is 3.26. The summed E-state index contributed by atoms with van der Waals surface area (Å²) < 4.78 is 5.82. The van der Waals surface area contributed by atoms with Gasteiger partial charge in [-0.3, -0.25) is 4.79 Å². The highest BCUT2D eigenvalue weighted by Crippen LogP contribution is 2.42. The van der Waals surface area contributed by atoms with E-state index in [2.05, 4.69) is 4.84 Å². The number of fused-ring (bicyclic) bond motifs is 2. The number of phenolic OH excluding ortho intramolecular Hbond substituents is 1. The second kappa shape index (κ2) is 6.26. The fraction of sp³-hybridized carbons (Fsp3) is 0.0476. The minimum atomic E-state index is -0.671. The molecule has 0 amide bonds. The van der Waals surface area contributed by atoms with Crippen molar-refractivity contribution in [1.82, 2.24) is 0 Å². The summed E-state index contributed by atoms with van der Waals surface area (Å²) in [4.78, 5) is 28.5. The van der Waals surface area contributed by atoms with Gasteiger partial charge in [0.05, 0.1) is 5.56 Å². The van der Waals surface area contributed by atoms with Gasteiger partial charge in [-0.15, -0.1) is 0 Å². The average molecular weight is 361 g/mol. The van der Waals surface area contributed by atoms with E-state index in [1.165, 1.54) is 24.3 Å². The monoisotopic (exact) mass is 361 g/mol. The number of hydrogen-bond acceptors (Lipinski definition) is 6. The van der Waals surface area contributed by atoms with Crippen molar-refractivity contribution in [2.75, 3.05) is 0 Å². The number of carbonyl (C=O) groups excluding carboxylic acids is 1. The van der Waals surface area contributed by atoms with Gasteiger partial charge in [-0.2, -0.15) is 5.90 Å². The quantitative estimate of drug-likeness (QED) is 0.418. The number of aryl methyl sites for hydroxylation is 1. The first-order valence-electron chi connectivity index (χ1n) is 8.19. The Morgan fingerprint density at radius 2 is 1.81 bits per heavy atom. The van der Waals surface area contributed by atoms with Crippen LogP contribution in [0.2, 0.25) is 0 Å². The number of rotatable bonds is 2. The Kier molecular flexibility index (Phi) is 3.90. The van der Waals surface area contributed by atoms with E-state index in [0.29, 0.717) is 39.0 Å². The molecule has 6 heteroatoms. The summed E-state index contributed by atoms with van der Waals surface area (Å²) in [5.74, 6) is 4.83. The number of hydrogen-bond donors (Lipinski definition) is 2. The fourth-order valence-corrected chi connectivity index (χ4v) is 3.26. The highest BCUT2D eigenvalue weighted by atomic mass is 16.7. The lowest BCUT2D eigenvalue weighted by Crippen LogP contribution is -2.12. The van der Waals surface area contributed by atoms with Crippen LogP contribution in [0.15, 0.2) is 63.8 Å². The first-order chi connectivity index (χ1) is 13.0. The predicted molar refractivity (Wildman–Crippen MR) is 101 cm³/mol. The van der Waals surface area contributed by atoms with Crippen LogP contribution in [0.5, 0.6) is 5.75 Å². The van der Waals surface area contributed by atoms with Crippen LogP contribution in [0.25, 0.3) is 33.4 Å². The molecule has 0 atom stereocenters. The first-order valence-corrected chi connectivity index (χ1v) is 8.19. The summed E-state index contributed by atoms with van der Waals surface area (Å²) in [5, 5.41) is 10.5. The Hall–Kier alpha value is -3.64. The number of phenols is 1. The lowest BCUT2D eigenvalue weighted by molar-refractivity contribution is 0.0504. The van der Waals surface area contributed by atoms with Crippen molar-refractivity contribution < 1.29 is 19.2 Å². The zero-order valence-corrected chi connectivity index (χ0v) is 14.4. The zero-order valence-electron chi connectivity index (χ0n) is 14.4. The van der Waals surface area contributed by atoms with E-state index in [9.17, 15) is 14.7 Å². The van der Waals surface area contributed by atoms with E-state index >= 15 is 0 Å². The van der Waals surface area contributed by atoms with E-state index in [-0.39, 0.29) is 11.2 Å². The molecule has 1 aliphatic carbocycles. The van der Waals surface area contributed by atoms with Gasteiger partial charge in [0.15, 0.2) is 5.43 Å². The number of carbonyl (C=O) groups is 1. The van der Waals surface area contributed by atoms with Crippen LogP contribution in [0, 0.1) is 6.92 Å². The van der Waals surface area contributed by atoms with Gasteiger partial charge in [0.1, 0.15) is 17.1 Å². The van der Waals surface area contributed by atoms with Crippen molar-refractivity contribution >= 4 is 16.9 Å². The molecule has 27 heavy (non-hydrogen) atoms. The summed E-state index contributed by atoms with van der Waals surface area (Å²) in [6, 6.07) is 14.5. The maximum atomic E-state index is 12.3. The van der Waals surface area contributed by atoms with Crippen LogP contribution >= 0.6 is 0 Å². The molecule has 2 aliphatic rings. The van der Waals surface area contributed by atoms with E-state index in [1.807, 2.05) is 13.0 Å². The van der Waals surface area contributed by atoms with Crippen molar-refractivity contribution in [3.63, 3.8) is 0 Å². The Labute approximate surface area is 153 Å². The minimum Gasteiger partial charge on any atom is -0.508 e. The summed E-state index contributed by atoms with van der Waals surface area (Å²) in [5.41, 5.74) is 3.27. The topological polar surface area (TPSA) is 103 Å². The Morgan fingerprint density at radius 1 is 1.04 bits per heavy atom. The average Bonchev–Trinajstić information content (AvgIpc) is 2.65. The number of benzene rings is 3. The van der Waals surface area contributed by atoms with Gasteiger partial charge >= 0.3 is 5.97 Å². The largest absolute Gasteiger partial charge is 0.508 e. The molecular formula is C21H15NO5. The molecule has 0 saturated carbocycles. The maximum Gasteiger partial charge on any atom is 0.357 e. The second-order valence-corrected chi connectivity index (χ2v) is 6.27. The number of aromatic hydroxyl groups is 1. The smallest absolute Gasteiger partial charge is 0.357 e. The summed E-state index contributed by atoms with van der Waals surface area (Å²) in [7, 11) is 0.